The highest BCUT2D eigenvalue weighted by Gasteiger charge is 2.25. The molecular weight excluding hydrogens is 254 g/mol. The summed E-state index contributed by atoms with van der Waals surface area (Å²) in [5.41, 5.74) is -0.482. The van der Waals surface area contributed by atoms with Gasteiger partial charge in [0.1, 0.15) is 18.2 Å². The maximum atomic E-state index is 11.5. The molecule has 5 heteroatoms. The minimum atomic E-state index is -0.630. The largest absolute Gasteiger partial charge is 1.00 e. The standard InChI is InChI=1S/C13H28NO3.ClH/c1-7-14(6,8-2)10-11(15)9-12(16)17-13(3,4)5;/h11,15H,7-10H2,1-6H3;1H/q+1;/p-1. The number of likely N-dealkylation sites (N-methyl/N-ethyl adjacent to an activating group) is 1. The molecule has 0 heterocycles. The topological polar surface area (TPSA) is 46.5 Å². The lowest BCUT2D eigenvalue weighted by Gasteiger charge is -2.34. The van der Waals surface area contributed by atoms with Gasteiger partial charge in [0.2, 0.25) is 0 Å². The van der Waals surface area contributed by atoms with Gasteiger partial charge < -0.3 is 26.7 Å². The monoisotopic (exact) mass is 281 g/mol. The van der Waals surface area contributed by atoms with E-state index in [0.717, 1.165) is 17.6 Å². The van der Waals surface area contributed by atoms with E-state index in [1.165, 1.54) is 0 Å². The second-order valence-electron chi connectivity index (χ2n) is 5.88. The van der Waals surface area contributed by atoms with Gasteiger partial charge in [-0.25, -0.2) is 0 Å². The molecule has 1 unspecified atom stereocenters. The van der Waals surface area contributed by atoms with E-state index in [4.69, 9.17) is 4.74 Å². The van der Waals surface area contributed by atoms with E-state index in [1.807, 2.05) is 20.8 Å². The lowest BCUT2D eigenvalue weighted by molar-refractivity contribution is -0.909. The van der Waals surface area contributed by atoms with Crippen LogP contribution in [0.25, 0.3) is 0 Å². The lowest BCUT2D eigenvalue weighted by atomic mass is 10.1. The van der Waals surface area contributed by atoms with Gasteiger partial charge in [-0.15, -0.1) is 0 Å². The number of quaternary nitrogens is 1. The zero-order chi connectivity index (χ0) is 13.7. The first-order chi connectivity index (χ1) is 7.62. The highest BCUT2D eigenvalue weighted by Crippen LogP contribution is 2.11. The fourth-order valence-corrected chi connectivity index (χ4v) is 1.63. The molecule has 0 spiro atoms. The molecule has 0 amide bonds. The number of rotatable bonds is 6. The van der Waals surface area contributed by atoms with Crippen molar-refractivity contribution < 1.29 is 31.5 Å². The molecule has 0 aromatic carbocycles. The molecule has 1 atom stereocenters. The van der Waals surface area contributed by atoms with Crippen molar-refractivity contribution in [2.45, 2.75) is 52.7 Å². The van der Waals surface area contributed by atoms with Crippen molar-refractivity contribution in [3.05, 3.63) is 0 Å². The third-order valence-electron chi connectivity index (χ3n) is 3.00. The number of hydrogen-bond donors (Lipinski definition) is 1. The summed E-state index contributed by atoms with van der Waals surface area (Å²) in [6, 6.07) is 0. The van der Waals surface area contributed by atoms with Gasteiger partial charge in [-0.05, 0) is 34.6 Å². The minimum Gasteiger partial charge on any atom is -1.00 e. The van der Waals surface area contributed by atoms with Crippen LogP contribution in [-0.4, -0.2) is 53.9 Å². The first kappa shape index (κ1) is 20.0. The van der Waals surface area contributed by atoms with E-state index in [1.54, 1.807) is 0 Å². The number of aliphatic hydroxyl groups is 1. The van der Waals surface area contributed by atoms with Crippen molar-refractivity contribution in [3.63, 3.8) is 0 Å². The number of aliphatic hydroxyl groups excluding tert-OH is 1. The number of hydrogen-bond acceptors (Lipinski definition) is 3. The molecule has 0 aromatic rings. The molecule has 0 aromatic heterocycles. The van der Waals surface area contributed by atoms with Crippen LogP contribution in [0, 0.1) is 0 Å². The molecule has 0 aliphatic rings. The van der Waals surface area contributed by atoms with Crippen LogP contribution in [0.3, 0.4) is 0 Å². The van der Waals surface area contributed by atoms with Crippen molar-refractivity contribution in [1.82, 2.24) is 0 Å². The minimum absolute atomic E-state index is 0. The zero-order valence-electron chi connectivity index (χ0n) is 12.5. The second kappa shape index (κ2) is 7.97. The quantitative estimate of drug-likeness (QED) is 0.480. The molecule has 0 aliphatic carbocycles. The molecule has 110 valence electrons. The third-order valence-corrected chi connectivity index (χ3v) is 3.00. The maximum absolute atomic E-state index is 11.5. The van der Waals surface area contributed by atoms with Crippen molar-refractivity contribution in [1.29, 1.82) is 0 Å². The Kier molecular flexibility index (Phi) is 8.86. The van der Waals surface area contributed by atoms with Gasteiger partial charge in [0.15, 0.2) is 0 Å². The van der Waals surface area contributed by atoms with E-state index >= 15 is 0 Å². The van der Waals surface area contributed by atoms with Crippen LogP contribution in [-0.2, 0) is 9.53 Å². The Bertz CT molecular complexity index is 247. The first-order valence-electron chi connectivity index (χ1n) is 6.35. The Morgan fingerprint density at radius 3 is 2.06 bits per heavy atom. The van der Waals surface area contributed by atoms with Crippen LogP contribution in [0.4, 0.5) is 0 Å². The fourth-order valence-electron chi connectivity index (χ4n) is 1.63. The van der Waals surface area contributed by atoms with E-state index in [9.17, 15) is 9.90 Å². The fraction of sp³-hybridized carbons (Fsp3) is 0.923. The van der Waals surface area contributed by atoms with E-state index in [2.05, 4.69) is 20.9 Å². The third kappa shape index (κ3) is 8.72. The van der Waals surface area contributed by atoms with Crippen LogP contribution >= 0.6 is 0 Å². The smallest absolute Gasteiger partial charge is 0.309 e. The average Bonchev–Trinajstić information content (AvgIpc) is 2.14. The Morgan fingerprint density at radius 1 is 1.28 bits per heavy atom. The van der Waals surface area contributed by atoms with E-state index < -0.39 is 11.7 Å². The average molecular weight is 282 g/mol. The lowest BCUT2D eigenvalue weighted by Crippen LogP contribution is -3.00. The van der Waals surface area contributed by atoms with Crippen LogP contribution < -0.4 is 12.4 Å². The number of carbonyl (C=O) groups is 1. The number of carbonyl (C=O) groups excluding carboxylic acids is 1. The number of ether oxygens (including phenoxy) is 1. The van der Waals surface area contributed by atoms with Gasteiger partial charge >= 0.3 is 5.97 Å². The van der Waals surface area contributed by atoms with Crippen LogP contribution in [0.5, 0.6) is 0 Å². The molecule has 0 bridgehead atoms. The Morgan fingerprint density at radius 2 is 1.72 bits per heavy atom. The number of halogens is 1. The van der Waals surface area contributed by atoms with Gasteiger partial charge in [0.05, 0.1) is 26.6 Å². The first-order valence-corrected chi connectivity index (χ1v) is 6.35. The van der Waals surface area contributed by atoms with Crippen molar-refractivity contribution in [2.24, 2.45) is 0 Å². The van der Waals surface area contributed by atoms with E-state index in [-0.39, 0.29) is 24.8 Å². The molecule has 1 N–H and O–H groups in total. The highest BCUT2D eigenvalue weighted by atomic mass is 35.5. The molecule has 18 heavy (non-hydrogen) atoms. The SMILES string of the molecule is CC[N+](C)(CC)CC(O)CC(=O)OC(C)(C)C.[Cl-]. The summed E-state index contributed by atoms with van der Waals surface area (Å²) >= 11 is 0. The maximum Gasteiger partial charge on any atom is 0.309 e. The predicted octanol–water partition coefficient (Wildman–Crippen LogP) is -1.43. The molecule has 0 saturated carbocycles. The van der Waals surface area contributed by atoms with Crippen LogP contribution in [0.2, 0.25) is 0 Å². The van der Waals surface area contributed by atoms with Crippen LogP contribution in [0.1, 0.15) is 41.0 Å². The van der Waals surface area contributed by atoms with Crippen molar-refractivity contribution in [3.8, 4) is 0 Å². The molecule has 0 radical (unpaired) electrons. The van der Waals surface area contributed by atoms with Gasteiger partial charge in [0.25, 0.3) is 0 Å². The van der Waals surface area contributed by atoms with Crippen molar-refractivity contribution in [2.75, 3.05) is 26.7 Å². The molecule has 0 fully saturated rings. The van der Waals surface area contributed by atoms with Crippen LogP contribution in [0.15, 0.2) is 0 Å². The van der Waals surface area contributed by atoms with Gasteiger partial charge in [0, 0.05) is 0 Å². The Balaban J connectivity index is 0. The molecular formula is C13H28ClNO3. The Labute approximate surface area is 117 Å². The van der Waals surface area contributed by atoms with Crippen molar-refractivity contribution >= 4 is 5.97 Å². The molecule has 4 nitrogen and oxygen atoms in total. The highest BCUT2D eigenvalue weighted by molar-refractivity contribution is 5.70. The summed E-state index contributed by atoms with van der Waals surface area (Å²) in [7, 11) is 2.08. The Hall–Kier alpha value is -0.320. The normalized spacial score (nSPS) is 13.7. The second-order valence-corrected chi connectivity index (χ2v) is 5.88. The summed E-state index contributed by atoms with van der Waals surface area (Å²) in [5.74, 6) is -0.330. The summed E-state index contributed by atoms with van der Waals surface area (Å²) in [6.07, 6.45) is -0.555. The zero-order valence-corrected chi connectivity index (χ0v) is 13.3. The summed E-state index contributed by atoms with van der Waals surface area (Å²) in [6.45, 7) is 12.1. The summed E-state index contributed by atoms with van der Waals surface area (Å²) in [5, 5.41) is 9.90. The predicted molar refractivity (Wildman–Crippen MR) is 68.6 cm³/mol. The van der Waals surface area contributed by atoms with Gasteiger partial charge in [-0.2, -0.15) is 0 Å². The molecule has 0 aliphatic heterocycles. The summed E-state index contributed by atoms with van der Waals surface area (Å²) in [4.78, 5) is 11.5. The number of esters is 1. The van der Waals surface area contributed by atoms with Gasteiger partial charge in [-0.3, -0.25) is 4.79 Å². The van der Waals surface area contributed by atoms with Gasteiger partial charge in [-0.1, -0.05) is 0 Å². The molecule has 0 rings (SSSR count). The number of nitrogens with zero attached hydrogens (tertiary/aromatic N) is 1. The summed E-state index contributed by atoms with van der Waals surface area (Å²) < 4.78 is 5.95. The molecule has 0 saturated heterocycles. The van der Waals surface area contributed by atoms with E-state index in [0.29, 0.717) is 6.54 Å².